The molecule has 1 saturated carbocycles. The van der Waals surface area contributed by atoms with Gasteiger partial charge in [-0.2, -0.15) is 17.3 Å². The summed E-state index contributed by atoms with van der Waals surface area (Å²) in [6, 6.07) is 7.11. The average molecular weight is 438 g/mol. The van der Waals surface area contributed by atoms with Crippen LogP contribution in [0.3, 0.4) is 0 Å². The third-order valence-electron chi connectivity index (χ3n) is 5.17. The van der Waals surface area contributed by atoms with Crippen LogP contribution in [0.25, 0.3) is 0 Å². The summed E-state index contributed by atoms with van der Waals surface area (Å²) in [5.41, 5.74) is 1.44. The summed E-state index contributed by atoms with van der Waals surface area (Å²) in [6.07, 6.45) is 19.6. The van der Waals surface area contributed by atoms with Gasteiger partial charge in [-0.1, -0.05) is 63.3 Å². The van der Waals surface area contributed by atoms with Crippen LogP contribution in [0.15, 0.2) is 42.5 Å². The SMILES string of the molecule is Cc1cc[c-]([SiH2]C2(CC3CCCCC3)C=CC=CC2)c1.[Cl-].[Cl-].[Cl-].[Ti+4]. The molecule has 3 rings (SSSR count). The molecule has 5 heteroatoms. The largest absolute Gasteiger partial charge is 4.00 e. The van der Waals surface area contributed by atoms with Gasteiger partial charge in [-0.15, -0.1) is 0 Å². The molecular formula is C19H27Cl3SiTi. The van der Waals surface area contributed by atoms with E-state index in [4.69, 9.17) is 0 Å². The van der Waals surface area contributed by atoms with Crippen molar-refractivity contribution < 1.29 is 58.9 Å². The maximum absolute atomic E-state index is 2.57. The van der Waals surface area contributed by atoms with Gasteiger partial charge < -0.3 is 37.2 Å². The predicted molar refractivity (Wildman–Crippen MR) is 91.7 cm³/mol. The minimum absolute atomic E-state index is 0. The van der Waals surface area contributed by atoms with Gasteiger partial charge in [-0.25, -0.2) is 11.6 Å². The molecule has 0 spiro atoms. The zero-order valence-corrected chi connectivity index (χ0v) is 19.7. The Morgan fingerprint density at radius 2 is 1.83 bits per heavy atom. The average Bonchev–Trinajstić information content (AvgIpc) is 2.86. The van der Waals surface area contributed by atoms with Crippen molar-refractivity contribution in [2.45, 2.75) is 56.9 Å². The second-order valence-electron chi connectivity index (χ2n) is 7.04. The van der Waals surface area contributed by atoms with Gasteiger partial charge in [-0.3, -0.25) is 0 Å². The first-order valence-corrected chi connectivity index (χ1v) is 9.74. The molecule has 0 N–H and O–H groups in total. The van der Waals surface area contributed by atoms with Crippen molar-refractivity contribution in [2.24, 2.45) is 5.92 Å². The Kier molecular flexibility index (Phi) is 14.4. The molecule has 0 nitrogen and oxygen atoms in total. The van der Waals surface area contributed by atoms with E-state index in [2.05, 4.69) is 49.4 Å². The van der Waals surface area contributed by atoms with Crippen LogP contribution < -0.4 is 42.4 Å². The first kappa shape index (κ1) is 26.9. The third kappa shape index (κ3) is 7.48. The molecule has 1 aromatic carbocycles. The van der Waals surface area contributed by atoms with E-state index in [9.17, 15) is 0 Å². The Morgan fingerprint density at radius 1 is 1.12 bits per heavy atom. The summed E-state index contributed by atoms with van der Waals surface area (Å²) >= 11 is 0. The Bertz CT molecular complexity index is 506. The fourth-order valence-electron chi connectivity index (χ4n) is 4.17. The summed E-state index contributed by atoms with van der Waals surface area (Å²) in [4.78, 5) is 0. The third-order valence-corrected chi connectivity index (χ3v) is 7.54. The van der Waals surface area contributed by atoms with Gasteiger partial charge >= 0.3 is 21.7 Å². The second kappa shape index (κ2) is 12.9. The van der Waals surface area contributed by atoms with Gasteiger partial charge in [0.05, 0.1) is 0 Å². The number of hydrogen-bond donors (Lipinski definition) is 0. The molecule has 1 unspecified atom stereocenters. The number of aryl methyl sites for hydroxylation is 1. The molecule has 1 fully saturated rings. The van der Waals surface area contributed by atoms with Gasteiger partial charge in [0.25, 0.3) is 0 Å². The maximum atomic E-state index is 2.57. The van der Waals surface area contributed by atoms with Gasteiger partial charge in [0.2, 0.25) is 0 Å². The molecular weight excluding hydrogens is 411 g/mol. The maximum Gasteiger partial charge on any atom is 4.00 e. The van der Waals surface area contributed by atoms with E-state index in [0.29, 0.717) is 5.04 Å². The predicted octanol–water partition coefficient (Wildman–Crippen LogP) is -4.84. The smallest absolute Gasteiger partial charge is 1.00 e. The van der Waals surface area contributed by atoms with Crippen LogP contribution in [-0.2, 0) is 21.7 Å². The Balaban J connectivity index is 0. The van der Waals surface area contributed by atoms with Crippen molar-refractivity contribution >= 4 is 14.7 Å². The monoisotopic (exact) mass is 436 g/mol. The number of halogens is 3. The van der Waals surface area contributed by atoms with Gasteiger partial charge in [-0.05, 0) is 23.8 Å². The van der Waals surface area contributed by atoms with E-state index in [0.717, 1.165) is 5.92 Å². The van der Waals surface area contributed by atoms with Crippen LogP contribution in [0.4, 0.5) is 0 Å². The zero-order chi connectivity index (χ0) is 13.8. The van der Waals surface area contributed by atoms with E-state index < -0.39 is 0 Å². The van der Waals surface area contributed by atoms with Crippen LogP contribution in [0.5, 0.6) is 0 Å². The molecule has 1 aromatic rings. The van der Waals surface area contributed by atoms with Crippen LogP contribution in [0.1, 0.15) is 50.5 Å². The van der Waals surface area contributed by atoms with Crippen LogP contribution in [0, 0.1) is 12.8 Å². The molecule has 132 valence electrons. The van der Waals surface area contributed by atoms with Gasteiger partial charge in [0.15, 0.2) is 0 Å². The summed E-state index contributed by atoms with van der Waals surface area (Å²) in [5.74, 6) is 0.989. The molecule has 0 bridgehead atoms. The van der Waals surface area contributed by atoms with Gasteiger partial charge in [0.1, 0.15) is 0 Å². The normalized spacial score (nSPS) is 23.0. The second-order valence-corrected chi connectivity index (χ2v) is 9.61. The fraction of sp³-hybridized carbons (Fsp3) is 0.526. The zero-order valence-electron chi connectivity index (χ0n) is 14.4. The first-order chi connectivity index (χ1) is 9.76. The molecule has 0 aromatic heterocycles. The molecule has 0 radical (unpaired) electrons. The van der Waals surface area contributed by atoms with E-state index in [1.54, 1.807) is 5.19 Å². The molecule has 2 aliphatic carbocycles. The van der Waals surface area contributed by atoms with Crippen molar-refractivity contribution in [3.8, 4) is 0 Å². The number of hydrogen-bond acceptors (Lipinski definition) is 0. The summed E-state index contributed by atoms with van der Waals surface area (Å²) in [7, 11) is -0.226. The van der Waals surface area contributed by atoms with Crippen molar-refractivity contribution in [3.05, 3.63) is 48.1 Å². The van der Waals surface area contributed by atoms with Crippen molar-refractivity contribution in [2.75, 3.05) is 0 Å². The molecule has 0 aliphatic heterocycles. The molecule has 2 aliphatic rings. The van der Waals surface area contributed by atoms with E-state index in [-0.39, 0.29) is 68.5 Å². The first-order valence-electron chi connectivity index (χ1n) is 8.32. The molecule has 0 amide bonds. The molecule has 1 atom stereocenters. The Hall–Kier alpha value is 0.631. The topological polar surface area (TPSA) is 0 Å². The number of allylic oxidation sites excluding steroid dienone is 4. The van der Waals surface area contributed by atoms with Crippen molar-refractivity contribution in [3.63, 3.8) is 0 Å². The van der Waals surface area contributed by atoms with Crippen LogP contribution in [0.2, 0.25) is 5.04 Å². The summed E-state index contributed by atoms with van der Waals surface area (Å²) in [5, 5.41) is 2.19. The minimum Gasteiger partial charge on any atom is -1.00 e. The van der Waals surface area contributed by atoms with E-state index in [1.807, 2.05) is 0 Å². The fourth-order valence-corrected chi connectivity index (χ4v) is 6.76. The summed E-state index contributed by atoms with van der Waals surface area (Å²) in [6.45, 7) is 2.22. The van der Waals surface area contributed by atoms with E-state index in [1.165, 1.54) is 50.5 Å². The van der Waals surface area contributed by atoms with Gasteiger partial charge in [0, 0.05) is 9.52 Å². The molecule has 0 saturated heterocycles. The van der Waals surface area contributed by atoms with Crippen LogP contribution in [-0.4, -0.2) is 9.52 Å². The number of rotatable bonds is 4. The molecule has 24 heavy (non-hydrogen) atoms. The van der Waals surface area contributed by atoms with E-state index >= 15 is 0 Å². The quantitative estimate of drug-likeness (QED) is 0.328. The minimum atomic E-state index is -0.226. The van der Waals surface area contributed by atoms with Crippen molar-refractivity contribution in [1.82, 2.24) is 0 Å². The molecule has 0 heterocycles. The Morgan fingerprint density at radius 3 is 2.38 bits per heavy atom. The standard InChI is InChI=1S/C19H27Si.3ClH.Ti/c1-16-10-11-18(14-16)20-19(12-6-3-7-13-19)15-17-8-4-2-5-9-17;;;;/h3,6-7,10-12,14,17H,2,4-5,8-9,13,15,20H2,1H3;3*1H;/q-1;;;;+4/p-3. The summed E-state index contributed by atoms with van der Waals surface area (Å²) < 4.78 is 0. The Labute approximate surface area is 183 Å². The van der Waals surface area contributed by atoms with Crippen LogP contribution >= 0.6 is 0 Å². The van der Waals surface area contributed by atoms with Crippen molar-refractivity contribution in [1.29, 1.82) is 0 Å².